The average molecular weight is 289 g/mol. The lowest BCUT2D eigenvalue weighted by atomic mass is 10.3. The van der Waals surface area contributed by atoms with Crippen LogP contribution >= 0.6 is 0 Å². The zero-order valence-corrected chi connectivity index (χ0v) is 10.6. The third-order valence-electron chi connectivity index (χ3n) is 2.80. The Morgan fingerprint density at radius 2 is 2.11 bits per heavy atom. The first kappa shape index (κ1) is 13.7. The van der Waals surface area contributed by atoms with Crippen LogP contribution in [0.5, 0.6) is 0 Å². The van der Waals surface area contributed by atoms with Crippen LogP contribution in [0.15, 0.2) is 17.0 Å². The SMILES string of the molecule is Nc1cc([N+](=O)[O-])cc(F)c1S(=O)(=O)NCC1CC1. The average Bonchev–Trinajstić information content (AvgIpc) is 3.08. The summed E-state index contributed by atoms with van der Waals surface area (Å²) in [4.78, 5) is 8.93. The standard InChI is InChI=1S/C10H12FN3O4S/c11-8-3-7(14(15)16)4-9(12)10(8)19(17,18)13-5-6-1-2-6/h3-4,6,13H,1-2,5,12H2. The monoisotopic (exact) mass is 289 g/mol. The topological polar surface area (TPSA) is 115 Å². The predicted molar refractivity (Wildman–Crippen MR) is 65.4 cm³/mol. The molecule has 0 aromatic heterocycles. The molecule has 0 saturated heterocycles. The van der Waals surface area contributed by atoms with Crippen LogP contribution in [0.2, 0.25) is 0 Å². The number of nitrogens with zero attached hydrogens (tertiary/aromatic N) is 1. The van der Waals surface area contributed by atoms with E-state index in [9.17, 15) is 22.9 Å². The van der Waals surface area contributed by atoms with Gasteiger partial charge in [-0.1, -0.05) is 0 Å². The van der Waals surface area contributed by atoms with Crippen LogP contribution in [0.3, 0.4) is 0 Å². The van der Waals surface area contributed by atoms with Crippen molar-refractivity contribution in [1.29, 1.82) is 0 Å². The molecule has 0 unspecified atom stereocenters. The quantitative estimate of drug-likeness (QED) is 0.476. The summed E-state index contributed by atoms with van der Waals surface area (Å²) in [5, 5.41) is 10.5. The van der Waals surface area contributed by atoms with Crippen LogP contribution in [0.25, 0.3) is 0 Å². The summed E-state index contributed by atoms with van der Waals surface area (Å²) in [6.45, 7) is 0.220. The number of rotatable bonds is 5. The number of nitrogens with one attached hydrogen (secondary N) is 1. The largest absolute Gasteiger partial charge is 0.397 e. The second kappa shape index (κ2) is 4.74. The van der Waals surface area contributed by atoms with Crippen LogP contribution in [0.4, 0.5) is 15.8 Å². The number of non-ortho nitro benzene ring substituents is 1. The summed E-state index contributed by atoms with van der Waals surface area (Å²) in [7, 11) is -4.09. The number of hydrogen-bond acceptors (Lipinski definition) is 5. The van der Waals surface area contributed by atoms with E-state index in [2.05, 4.69) is 4.72 Å². The summed E-state index contributed by atoms with van der Waals surface area (Å²) < 4.78 is 39.7. The molecule has 7 nitrogen and oxygen atoms in total. The molecule has 0 spiro atoms. The number of anilines is 1. The van der Waals surface area contributed by atoms with Crippen molar-refractivity contribution in [2.24, 2.45) is 5.92 Å². The van der Waals surface area contributed by atoms with E-state index in [1.54, 1.807) is 0 Å². The minimum atomic E-state index is -4.09. The molecule has 104 valence electrons. The van der Waals surface area contributed by atoms with Gasteiger partial charge in [0.15, 0.2) is 5.82 Å². The van der Waals surface area contributed by atoms with Crippen molar-refractivity contribution in [2.45, 2.75) is 17.7 Å². The molecule has 9 heteroatoms. The zero-order valence-electron chi connectivity index (χ0n) is 9.80. The third kappa shape index (κ3) is 2.99. The summed E-state index contributed by atoms with van der Waals surface area (Å²) in [6.07, 6.45) is 1.86. The number of nitrogen functional groups attached to an aromatic ring is 1. The highest BCUT2D eigenvalue weighted by molar-refractivity contribution is 7.89. The van der Waals surface area contributed by atoms with E-state index in [4.69, 9.17) is 5.73 Å². The highest BCUT2D eigenvalue weighted by atomic mass is 32.2. The van der Waals surface area contributed by atoms with Gasteiger partial charge < -0.3 is 5.73 Å². The van der Waals surface area contributed by atoms with Gasteiger partial charge in [0.2, 0.25) is 10.0 Å². The smallest absolute Gasteiger partial charge is 0.274 e. The summed E-state index contributed by atoms with van der Waals surface area (Å²) in [5.41, 5.74) is 4.34. The molecule has 1 aromatic carbocycles. The molecule has 0 heterocycles. The first-order valence-electron chi connectivity index (χ1n) is 5.54. The third-order valence-corrected chi connectivity index (χ3v) is 4.31. The van der Waals surface area contributed by atoms with E-state index in [1.165, 1.54) is 0 Å². The van der Waals surface area contributed by atoms with Crippen molar-refractivity contribution >= 4 is 21.4 Å². The molecular formula is C10H12FN3O4S. The van der Waals surface area contributed by atoms with Crippen molar-refractivity contribution < 1.29 is 17.7 Å². The molecular weight excluding hydrogens is 277 g/mol. The second-order valence-corrected chi connectivity index (χ2v) is 6.10. The predicted octanol–water partition coefficient (Wildman–Crippen LogP) is 1.00. The highest BCUT2D eigenvalue weighted by Crippen LogP contribution is 2.30. The molecule has 0 amide bonds. The van der Waals surface area contributed by atoms with Crippen molar-refractivity contribution in [3.63, 3.8) is 0 Å². The maximum atomic E-state index is 13.7. The molecule has 1 aliphatic carbocycles. The number of nitrogens with two attached hydrogens (primary N) is 1. The van der Waals surface area contributed by atoms with Gasteiger partial charge in [0.25, 0.3) is 5.69 Å². The fourth-order valence-corrected chi connectivity index (χ4v) is 2.89. The van der Waals surface area contributed by atoms with E-state index in [-0.39, 0.29) is 12.5 Å². The van der Waals surface area contributed by atoms with E-state index >= 15 is 0 Å². The lowest BCUT2D eigenvalue weighted by Crippen LogP contribution is -2.27. The summed E-state index contributed by atoms with van der Waals surface area (Å²) in [6, 6.07) is 1.37. The summed E-state index contributed by atoms with van der Waals surface area (Å²) in [5.74, 6) is -0.952. The Morgan fingerprint density at radius 1 is 1.47 bits per heavy atom. The zero-order chi connectivity index (χ0) is 14.2. The Labute approximate surface area is 108 Å². The Kier molecular flexibility index (Phi) is 3.42. The van der Waals surface area contributed by atoms with E-state index < -0.39 is 37.0 Å². The second-order valence-electron chi connectivity index (χ2n) is 4.40. The molecule has 1 saturated carbocycles. The number of hydrogen-bond donors (Lipinski definition) is 2. The van der Waals surface area contributed by atoms with Gasteiger partial charge in [-0.2, -0.15) is 0 Å². The number of nitro benzene ring substituents is 1. The van der Waals surface area contributed by atoms with Crippen molar-refractivity contribution in [2.75, 3.05) is 12.3 Å². The number of halogens is 1. The molecule has 1 aliphatic rings. The maximum absolute atomic E-state index is 13.7. The fourth-order valence-electron chi connectivity index (χ4n) is 1.61. The normalized spacial score (nSPS) is 15.4. The molecule has 1 aromatic rings. The Hall–Kier alpha value is -1.74. The molecule has 0 radical (unpaired) electrons. The van der Waals surface area contributed by atoms with Crippen LogP contribution < -0.4 is 10.5 Å². The Bertz CT molecular complexity index is 605. The van der Waals surface area contributed by atoms with Gasteiger partial charge in [0, 0.05) is 12.6 Å². The Morgan fingerprint density at radius 3 is 2.58 bits per heavy atom. The minimum Gasteiger partial charge on any atom is -0.397 e. The molecule has 0 atom stereocenters. The molecule has 3 N–H and O–H groups in total. The van der Waals surface area contributed by atoms with Crippen molar-refractivity contribution in [1.82, 2.24) is 4.72 Å². The highest BCUT2D eigenvalue weighted by Gasteiger charge is 2.28. The van der Waals surface area contributed by atoms with Gasteiger partial charge in [0.05, 0.1) is 16.7 Å². The lowest BCUT2D eigenvalue weighted by molar-refractivity contribution is -0.385. The summed E-state index contributed by atoms with van der Waals surface area (Å²) >= 11 is 0. The van der Waals surface area contributed by atoms with E-state index in [1.807, 2.05) is 0 Å². The Balaban J connectivity index is 2.35. The van der Waals surface area contributed by atoms with Crippen LogP contribution in [-0.4, -0.2) is 19.9 Å². The molecule has 0 aliphatic heterocycles. The maximum Gasteiger partial charge on any atom is 0.274 e. The molecule has 19 heavy (non-hydrogen) atoms. The molecule has 0 bridgehead atoms. The van der Waals surface area contributed by atoms with Crippen LogP contribution in [0, 0.1) is 21.8 Å². The minimum absolute atomic E-state index is 0.220. The van der Waals surface area contributed by atoms with Gasteiger partial charge in [0.1, 0.15) is 4.90 Å². The van der Waals surface area contributed by atoms with Crippen LogP contribution in [0.1, 0.15) is 12.8 Å². The van der Waals surface area contributed by atoms with Gasteiger partial charge in [-0.25, -0.2) is 17.5 Å². The number of nitro groups is 1. The van der Waals surface area contributed by atoms with Gasteiger partial charge in [-0.3, -0.25) is 10.1 Å². The van der Waals surface area contributed by atoms with E-state index in [0.717, 1.165) is 18.9 Å². The molecule has 2 rings (SSSR count). The molecule has 1 fully saturated rings. The lowest BCUT2D eigenvalue weighted by Gasteiger charge is -2.09. The first-order valence-corrected chi connectivity index (χ1v) is 7.02. The van der Waals surface area contributed by atoms with Crippen molar-refractivity contribution in [3.8, 4) is 0 Å². The van der Waals surface area contributed by atoms with Crippen LogP contribution in [-0.2, 0) is 10.0 Å². The first-order chi connectivity index (χ1) is 8.81. The number of sulfonamides is 1. The van der Waals surface area contributed by atoms with Gasteiger partial charge in [-0.15, -0.1) is 0 Å². The fraction of sp³-hybridized carbons (Fsp3) is 0.400. The van der Waals surface area contributed by atoms with Gasteiger partial charge >= 0.3 is 0 Å². The van der Waals surface area contributed by atoms with E-state index in [0.29, 0.717) is 6.07 Å². The van der Waals surface area contributed by atoms with Crippen molar-refractivity contribution in [3.05, 3.63) is 28.1 Å². The number of benzene rings is 1. The van der Waals surface area contributed by atoms with Gasteiger partial charge in [-0.05, 0) is 18.8 Å².